The lowest BCUT2D eigenvalue weighted by Crippen LogP contribution is -2.19. The van der Waals surface area contributed by atoms with Gasteiger partial charge in [0.1, 0.15) is 5.75 Å². The Morgan fingerprint density at radius 1 is 1.25 bits per heavy atom. The fraction of sp³-hybridized carbons (Fsp3) is 0.625. The Hall–Kier alpha value is -0.580. The van der Waals surface area contributed by atoms with Crippen molar-refractivity contribution in [2.45, 2.75) is 33.2 Å². The van der Waals surface area contributed by atoms with Gasteiger partial charge in [0.15, 0.2) is 0 Å². The third-order valence-corrected chi connectivity index (χ3v) is 3.50. The molecule has 1 rings (SSSR count). The van der Waals surface area contributed by atoms with E-state index in [1.165, 1.54) is 12.0 Å². The van der Waals surface area contributed by atoms with Gasteiger partial charge in [0.2, 0.25) is 0 Å². The molecule has 0 atom stereocenters. The predicted octanol–water partition coefficient (Wildman–Crippen LogP) is 4.00. The first kappa shape index (κ1) is 17.5. The molecule has 0 bridgehead atoms. The molecule has 1 N–H and O–H groups in total. The molecule has 0 amide bonds. The van der Waals surface area contributed by atoms with Crippen molar-refractivity contribution in [3.05, 3.63) is 28.2 Å². The highest BCUT2D eigenvalue weighted by Gasteiger charge is 2.05. The minimum Gasteiger partial charge on any atom is -0.493 e. The zero-order valence-electron chi connectivity index (χ0n) is 12.7. The van der Waals surface area contributed by atoms with E-state index in [1.54, 1.807) is 7.11 Å². The Balaban J connectivity index is 2.47. The number of nitrogens with one attached hydrogen (secondary N) is 1. The third kappa shape index (κ3) is 7.27. The van der Waals surface area contributed by atoms with Gasteiger partial charge < -0.3 is 14.8 Å². The summed E-state index contributed by atoms with van der Waals surface area (Å²) in [5.41, 5.74) is 1.18. The summed E-state index contributed by atoms with van der Waals surface area (Å²) < 4.78 is 12.0. The van der Waals surface area contributed by atoms with Crippen molar-refractivity contribution in [3.8, 4) is 5.75 Å². The quantitative estimate of drug-likeness (QED) is 0.651. The highest BCUT2D eigenvalue weighted by molar-refractivity contribution is 9.10. The van der Waals surface area contributed by atoms with Crippen molar-refractivity contribution < 1.29 is 9.47 Å². The lowest BCUT2D eigenvalue weighted by atomic mass is 10.1. The topological polar surface area (TPSA) is 30.5 Å². The Labute approximate surface area is 131 Å². The summed E-state index contributed by atoms with van der Waals surface area (Å²) in [6.07, 6.45) is 2.31. The molecular weight excluding hydrogens is 318 g/mol. The predicted molar refractivity (Wildman–Crippen MR) is 87.3 cm³/mol. The van der Waals surface area contributed by atoms with Crippen LogP contribution in [-0.4, -0.2) is 26.9 Å². The molecule has 0 unspecified atom stereocenters. The Morgan fingerprint density at radius 2 is 2.05 bits per heavy atom. The van der Waals surface area contributed by atoms with Crippen molar-refractivity contribution in [3.63, 3.8) is 0 Å². The zero-order valence-corrected chi connectivity index (χ0v) is 14.3. The maximum atomic E-state index is 5.91. The Morgan fingerprint density at radius 3 is 2.75 bits per heavy atom. The summed E-state index contributed by atoms with van der Waals surface area (Å²) in [5, 5.41) is 3.35. The first-order chi connectivity index (χ1) is 9.63. The lowest BCUT2D eigenvalue weighted by molar-refractivity contribution is 0.199. The van der Waals surface area contributed by atoms with Crippen LogP contribution in [0.4, 0.5) is 0 Å². The molecule has 0 aliphatic carbocycles. The highest BCUT2D eigenvalue weighted by atomic mass is 79.9. The van der Waals surface area contributed by atoms with Gasteiger partial charge in [-0.25, -0.2) is 0 Å². The van der Waals surface area contributed by atoms with Crippen LogP contribution in [0, 0.1) is 5.92 Å². The van der Waals surface area contributed by atoms with Crippen molar-refractivity contribution >= 4 is 15.9 Å². The molecule has 3 nitrogen and oxygen atoms in total. The van der Waals surface area contributed by atoms with E-state index < -0.39 is 0 Å². The molecular formula is C16H26BrNO2. The minimum absolute atomic E-state index is 0.721. The molecule has 0 saturated carbocycles. The standard InChI is InChI=1S/C16H26BrNO2/c1-13(2)5-4-9-20-16-7-6-15(17)11-14(16)12-18-8-10-19-3/h6-7,11,13,18H,4-5,8-10,12H2,1-3H3. The molecule has 1 aromatic rings. The second-order valence-corrected chi connectivity index (χ2v) is 6.22. The van der Waals surface area contributed by atoms with E-state index in [1.807, 2.05) is 12.1 Å². The van der Waals surface area contributed by atoms with Gasteiger partial charge in [0, 0.05) is 30.2 Å². The maximum absolute atomic E-state index is 5.91. The van der Waals surface area contributed by atoms with Gasteiger partial charge in [-0.15, -0.1) is 0 Å². The number of hydrogen-bond acceptors (Lipinski definition) is 3. The van der Waals surface area contributed by atoms with Crippen LogP contribution in [0.1, 0.15) is 32.3 Å². The fourth-order valence-corrected chi connectivity index (χ4v) is 2.31. The minimum atomic E-state index is 0.721. The fourth-order valence-electron chi connectivity index (χ4n) is 1.90. The number of hydrogen-bond donors (Lipinski definition) is 1. The molecule has 114 valence electrons. The Bertz CT molecular complexity index is 383. The first-order valence-corrected chi connectivity index (χ1v) is 8.03. The van der Waals surface area contributed by atoms with Gasteiger partial charge in [0.25, 0.3) is 0 Å². The van der Waals surface area contributed by atoms with Gasteiger partial charge in [-0.05, 0) is 37.0 Å². The summed E-state index contributed by atoms with van der Waals surface area (Å²) in [6.45, 7) is 7.62. The van der Waals surface area contributed by atoms with Crippen molar-refractivity contribution in [2.24, 2.45) is 5.92 Å². The number of ether oxygens (including phenoxy) is 2. The van der Waals surface area contributed by atoms with Crippen LogP contribution >= 0.6 is 15.9 Å². The van der Waals surface area contributed by atoms with Crippen LogP contribution in [0.25, 0.3) is 0 Å². The molecule has 0 aromatic heterocycles. The largest absolute Gasteiger partial charge is 0.493 e. The molecule has 0 saturated heterocycles. The van der Waals surface area contributed by atoms with Crippen molar-refractivity contribution in [1.29, 1.82) is 0 Å². The molecule has 1 aromatic carbocycles. The van der Waals surface area contributed by atoms with Crippen LogP contribution in [-0.2, 0) is 11.3 Å². The van der Waals surface area contributed by atoms with E-state index >= 15 is 0 Å². The SMILES string of the molecule is COCCNCc1cc(Br)ccc1OCCCC(C)C. The van der Waals surface area contributed by atoms with Gasteiger partial charge in [-0.3, -0.25) is 0 Å². The monoisotopic (exact) mass is 343 g/mol. The third-order valence-electron chi connectivity index (χ3n) is 3.00. The number of benzene rings is 1. The van der Waals surface area contributed by atoms with Crippen LogP contribution in [0.3, 0.4) is 0 Å². The summed E-state index contributed by atoms with van der Waals surface area (Å²) >= 11 is 3.51. The van der Waals surface area contributed by atoms with E-state index in [-0.39, 0.29) is 0 Å². The van der Waals surface area contributed by atoms with Gasteiger partial charge >= 0.3 is 0 Å². The highest BCUT2D eigenvalue weighted by Crippen LogP contribution is 2.23. The van der Waals surface area contributed by atoms with E-state index in [9.17, 15) is 0 Å². The molecule has 0 heterocycles. The van der Waals surface area contributed by atoms with Crippen molar-refractivity contribution in [1.82, 2.24) is 5.32 Å². The van der Waals surface area contributed by atoms with Gasteiger partial charge in [-0.2, -0.15) is 0 Å². The first-order valence-electron chi connectivity index (χ1n) is 7.24. The summed E-state index contributed by atoms with van der Waals surface area (Å²) in [7, 11) is 1.71. The van der Waals surface area contributed by atoms with E-state index in [4.69, 9.17) is 9.47 Å². The molecule has 0 fully saturated rings. The molecule has 0 aliphatic heterocycles. The molecule has 0 radical (unpaired) electrons. The summed E-state index contributed by atoms with van der Waals surface area (Å²) in [5.74, 6) is 1.71. The van der Waals surface area contributed by atoms with Gasteiger partial charge in [0.05, 0.1) is 13.2 Å². The van der Waals surface area contributed by atoms with Crippen LogP contribution in [0.5, 0.6) is 5.75 Å². The molecule has 0 spiro atoms. The van der Waals surface area contributed by atoms with E-state index in [0.717, 1.165) is 48.9 Å². The smallest absolute Gasteiger partial charge is 0.123 e. The molecule has 4 heteroatoms. The summed E-state index contributed by atoms with van der Waals surface area (Å²) in [4.78, 5) is 0. The van der Waals surface area contributed by atoms with Crippen LogP contribution in [0.15, 0.2) is 22.7 Å². The van der Waals surface area contributed by atoms with Crippen LogP contribution in [0.2, 0.25) is 0 Å². The normalized spacial score (nSPS) is 11.1. The number of rotatable bonds is 10. The second-order valence-electron chi connectivity index (χ2n) is 5.31. The molecule has 0 aliphatic rings. The second kappa shape index (κ2) is 10.2. The van der Waals surface area contributed by atoms with Crippen LogP contribution < -0.4 is 10.1 Å². The Kier molecular flexibility index (Phi) is 8.90. The number of methoxy groups -OCH3 is 1. The summed E-state index contributed by atoms with van der Waals surface area (Å²) in [6, 6.07) is 6.17. The lowest BCUT2D eigenvalue weighted by Gasteiger charge is -2.13. The zero-order chi connectivity index (χ0) is 14.8. The molecule has 20 heavy (non-hydrogen) atoms. The average Bonchev–Trinajstić information content (AvgIpc) is 2.41. The number of halogens is 1. The van der Waals surface area contributed by atoms with Crippen molar-refractivity contribution in [2.75, 3.05) is 26.9 Å². The van der Waals surface area contributed by atoms with E-state index in [2.05, 4.69) is 41.2 Å². The van der Waals surface area contributed by atoms with Gasteiger partial charge in [-0.1, -0.05) is 29.8 Å². The van der Waals surface area contributed by atoms with E-state index in [0.29, 0.717) is 0 Å². The average molecular weight is 344 g/mol. The maximum Gasteiger partial charge on any atom is 0.123 e.